The standard InChI is InChI=1S/C19H6F6O6/c20-18(21,22)17(19(23,24)25)10-2-7-6(5-29-14(7)26)1-12(10)30-13-4-9-8(3-11(13)17)15(27)31-16(9)28/h1-4H,5H2. The predicted octanol–water partition coefficient (Wildman–Crippen LogP) is 4.18. The Hall–Kier alpha value is -3.57. The number of ether oxygens (including phenoxy) is 3. The van der Waals surface area contributed by atoms with E-state index in [9.17, 15) is 40.7 Å². The number of hydrogen-bond donors (Lipinski definition) is 0. The first kappa shape index (κ1) is 19.4. The minimum Gasteiger partial charge on any atom is -0.457 e. The van der Waals surface area contributed by atoms with Crippen molar-refractivity contribution in [3.8, 4) is 11.5 Å². The SMILES string of the molecule is O=C1OCc2cc3c(cc21)C(C(F)(F)F)(C(F)(F)F)c1cc2c(cc1O3)C(=O)OC2=O. The third kappa shape index (κ3) is 2.27. The molecule has 0 N–H and O–H groups in total. The molecule has 3 aliphatic rings. The average molecular weight is 444 g/mol. The van der Waals surface area contributed by atoms with Gasteiger partial charge in [-0.2, -0.15) is 26.3 Å². The van der Waals surface area contributed by atoms with Gasteiger partial charge in [-0.1, -0.05) is 0 Å². The molecule has 5 rings (SSSR count). The molecule has 0 spiro atoms. The number of esters is 3. The Labute approximate surface area is 167 Å². The maximum Gasteiger partial charge on any atom is 0.411 e. The van der Waals surface area contributed by atoms with Crippen LogP contribution >= 0.6 is 0 Å². The van der Waals surface area contributed by atoms with Crippen molar-refractivity contribution in [1.29, 1.82) is 0 Å². The molecule has 0 aromatic heterocycles. The van der Waals surface area contributed by atoms with Crippen molar-refractivity contribution in [3.05, 3.63) is 57.6 Å². The Bertz CT molecular complexity index is 1210. The summed E-state index contributed by atoms with van der Waals surface area (Å²) in [6.07, 6.45) is -12.0. The van der Waals surface area contributed by atoms with E-state index in [2.05, 4.69) is 9.47 Å². The second-order valence-corrected chi connectivity index (χ2v) is 7.00. The molecule has 0 aliphatic carbocycles. The second-order valence-electron chi connectivity index (χ2n) is 7.00. The average Bonchev–Trinajstić information content (AvgIpc) is 3.13. The summed E-state index contributed by atoms with van der Waals surface area (Å²) in [5.74, 6) is -5.42. The zero-order valence-electron chi connectivity index (χ0n) is 14.7. The molecule has 0 saturated carbocycles. The topological polar surface area (TPSA) is 78.9 Å². The van der Waals surface area contributed by atoms with Crippen LogP contribution in [0.1, 0.15) is 47.8 Å². The van der Waals surface area contributed by atoms with Crippen LogP contribution in [-0.4, -0.2) is 30.3 Å². The van der Waals surface area contributed by atoms with E-state index in [0.29, 0.717) is 18.2 Å². The summed E-state index contributed by atoms with van der Waals surface area (Å²) in [6, 6.07) is 2.22. The molecular weight excluding hydrogens is 438 g/mol. The van der Waals surface area contributed by atoms with Gasteiger partial charge in [0.1, 0.15) is 18.1 Å². The van der Waals surface area contributed by atoms with Crippen LogP contribution in [0.5, 0.6) is 11.5 Å². The summed E-state index contributed by atoms with van der Waals surface area (Å²) in [4.78, 5) is 35.4. The van der Waals surface area contributed by atoms with Crippen LogP contribution in [0.15, 0.2) is 24.3 Å². The quantitative estimate of drug-likeness (QED) is 0.345. The van der Waals surface area contributed by atoms with Gasteiger partial charge in [-0.3, -0.25) is 0 Å². The molecule has 3 heterocycles. The minimum absolute atomic E-state index is 0.0428. The van der Waals surface area contributed by atoms with Crippen LogP contribution in [0, 0.1) is 0 Å². The Morgan fingerprint density at radius 1 is 0.677 bits per heavy atom. The smallest absolute Gasteiger partial charge is 0.411 e. The second kappa shape index (κ2) is 5.56. The number of cyclic esters (lactones) is 3. The highest BCUT2D eigenvalue weighted by Crippen LogP contribution is 2.63. The molecule has 6 nitrogen and oxygen atoms in total. The van der Waals surface area contributed by atoms with Gasteiger partial charge in [-0.25, -0.2) is 14.4 Å². The van der Waals surface area contributed by atoms with Gasteiger partial charge >= 0.3 is 30.3 Å². The Morgan fingerprint density at radius 3 is 1.77 bits per heavy atom. The van der Waals surface area contributed by atoms with Gasteiger partial charge in [0.25, 0.3) is 0 Å². The first-order valence-corrected chi connectivity index (χ1v) is 8.47. The highest BCUT2D eigenvalue weighted by Gasteiger charge is 2.75. The van der Waals surface area contributed by atoms with Crippen molar-refractivity contribution < 1.29 is 54.9 Å². The van der Waals surface area contributed by atoms with Crippen molar-refractivity contribution in [1.82, 2.24) is 0 Å². The molecule has 2 aromatic carbocycles. The molecule has 0 radical (unpaired) electrons. The number of alkyl halides is 6. The Balaban J connectivity index is 1.92. The van der Waals surface area contributed by atoms with E-state index >= 15 is 0 Å². The molecule has 0 unspecified atom stereocenters. The van der Waals surface area contributed by atoms with E-state index in [1.165, 1.54) is 0 Å². The maximum absolute atomic E-state index is 14.3. The molecule has 0 bridgehead atoms. The van der Waals surface area contributed by atoms with Crippen molar-refractivity contribution in [2.24, 2.45) is 0 Å². The van der Waals surface area contributed by atoms with Gasteiger partial charge in [0.05, 0.1) is 16.7 Å². The number of carbonyl (C=O) groups excluding carboxylic acids is 3. The fourth-order valence-electron chi connectivity index (χ4n) is 4.05. The molecule has 0 amide bonds. The van der Waals surface area contributed by atoms with Gasteiger partial charge in [0.2, 0.25) is 5.41 Å². The molecule has 0 atom stereocenters. The van der Waals surface area contributed by atoms with E-state index in [-0.39, 0.29) is 12.2 Å². The third-order valence-electron chi connectivity index (χ3n) is 5.41. The minimum atomic E-state index is -5.98. The maximum atomic E-state index is 14.3. The summed E-state index contributed by atoms with van der Waals surface area (Å²) in [7, 11) is 0. The summed E-state index contributed by atoms with van der Waals surface area (Å²) in [6.45, 7) is -0.353. The normalized spacial score (nSPS) is 18.5. The first-order chi connectivity index (χ1) is 14.4. The van der Waals surface area contributed by atoms with Crippen LogP contribution in [0.25, 0.3) is 0 Å². The van der Waals surface area contributed by atoms with Crippen LogP contribution in [-0.2, 0) is 21.5 Å². The van der Waals surface area contributed by atoms with Gasteiger partial charge < -0.3 is 14.2 Å². The number of benzene rings is 2. The van der Waals surface area contributed by atoms with Crippen molar-refractivity contribution in [2.45, 2.75) is 24.4 Å². The van der Waals surface area contributed by atoms with E-state index < -0.39 is 75.0 Å². The molecule has 0 fully saturated rings. The van der Waals surface area contributed by atoms with Crippen LogP contribution in [0.3, 0.4) is 0 Å². The van der Waals surface area contributed by atoms with Gasteiger partial charge in [-0.05, 0) is 24.3 Å². The van der Waals surface area contributed by atoms with Gasteiger partial charge in [0.15, 0.2) is 0 Å². The van der Waals surface area contributed by atoms with Crippen LogP contribution in [0.2, 0.25) is 0 Å². The fourth-order valence-corrected chi connectivity index (χ4v) is 4.05. The summed E-state index contributed by atoms with van der Waals surface area (Å²) in [5, 5.41) is 0. The van der Waals surface area contributed by atoms with Gasteiger partial charge in [0, 0.05) is 16.7 Å². The zero-order valence-corrected chi connectivity index (χ0v) is 14.7. The first-order valence-electron chi connectivity index (χ1n) is 8.47. The molecule has 12 heteroatoms. The van der Waals surface area contributed by atoms with Crippen molar-refractivity contribution >= 4 is 17.9 Å². The molecule has 31 heavy (non-hydrogen) atoms. The lowest BCUT2D eigenvalue weighted by Gasteiger charge is -2.42. The van der Waals surface area contributed by atoms with Crippen molar-refractivity contribution in [2.75, 3.05) is 0 Å². The number of rotatable bonds is 0. The summed E-state index contributed by atoms with van der Waals surface area (Å²) >= 11 is 0. The molecule has 160 valence electrons. The van der Waals surface area contributed by atoms with Crippen molar-refractivity contribution in [3.63, 3.8) is 0 Å². The number of hydrogen-bond acceptors (Lipinski definition) is 6. The molecule has 0 saturated heterocycles. The molecular formula is C19H6F6O6. The highest BCUT2D eigenvalue weighted by molar-refractivity contribution is 6.15. The van der Waals surface area contributed by atoms with E-state index in [4.69, 9.17) is 4.74 Å². The Morgan fingerprint density at radius 2 is 1.19 bits per heavy atom. The number of halogens is 6. The molecule has 3 aliphatic heterocycles. The lowest BCUT2D eigenvalue weighted by Crippen LogP contribution is -2.56. The fraction of sp³-hybridized carbons (Fsp3) is 0.211. The lowest BCUT2D eigenvalue weighted by atomic mass is 9.69. The van der Waals surface area contributed by atoms with Crippen LogP contribution in [0.4, 0.5) is 26.3 Å². The summed E-state index contributed by atoms with van der Waals surface area (Å²) in [5.41, 5.74) is -9.17. The number of carbonyl (C=O) groups is 3. The Kier molecular flexibility index (Phi) is 3.48. The third-order valence-corrected chi connectivity index (χ3v) is 5.41. The zero-order chi connectivity index (χ0) is 22.5. The molecule has 2 aromatic rings. The summed E-state index contributed by atoms with van der Waals surface area (Å²) < 4.78 is 100. The van der Waals surface area contributed by atoms with E-state index in [0.717, 1.165) is 6.07 Å². The lowest BCUT2D eigenvalue weighted by molar-refractivity contribution is -0.290. The largest absolute Gasteiger partial charge is 0.457 e. The van der Waals surface area contributed by atoms with E-state index in [1.807, 2.05) is 0 Å². The highest BCUT2D eigenvalue weighted by atomic mass is 19.4. The monoisotopic (exact) mass is 444 g/mol. The predicted molar refractivity (Wildman–Crippen MR) is 84.7 cm³/mol. The van der Waals surface area contributed by atoms with Gasteiger partial charge in [-0.15, -0.1) is 0 Å². The number of fused-ring (bicyclic) bond motifs is 4. The van der Waals surface area contributed by atoms with Crippen LogP contribution < -0.4 is 4.74 Å². The van der Waals surface area contributed by atoms with E-state index in [1.54, 1.807) is 0 Å².